The van der Waals surface area contributed by atoms with E-state index in [0.717, 1.165) is 18.4 Å². The summed E-state index contributed by atoms with van der Waals surface area (Å²) in [5.74, 6) is 0. The summed E-state index contributed by atoms with van der Waals surface area (Å²) in [7, 11) is 0. The van der Waals surface area contributed by atoms with Gasteiger partial charge < -0.3 is 5.73 Å². The Morgan fingerprint density at radius 3 is 2.71 bits per heavy atom. The first-order chi connectivity index (χ1) is 6.65. The van der Waals surface area contributed by atoms with Gasteiger partial charge >= 0.3 is 0 Å². The van der Waals surface area contributed by atoms with Gasteiger partial charge in [-0.2, -0.15) is 0 Å². The first kappa shape index (κ1) is 10.7. The second-order valence-electron chi connectivity index (χ2n) is 3.27. The van der Waals surface area contributed by atoms with Crippen molar-refractivity contribution in [2.45, 2.75) is 19.8 Å². The lowest BCUT2D eigenvalue weighted by Crippen LogP contribution is -2.01. The van der Waals surface area contributed by atoms with Crippen molar-refractivity contribution >= 4 is 5.69 Å². The van der Waals surface area contributed by atoms with E-state index in [1.54, 1.807) is 19.1 Å². The van der Waals surface area contributed by atoms with E-state index >= 15 is 0 Å². The molecule has 0 atom stereocenters. The van der Waals surface area contributed by atoms with Crippen LogP contribution in [0.1, 0.15) is 17.5 Å². The first-order valence-corrected chi connectivity index (χ1v) is 4.59. The van der Waals surface area contributed by atoms with E-state index in [1.165, 1.54) is 0 Å². The van der Waals surface area contributed by atoms with Crippen molar-refractivity contribution in [1.29, 1.82) is 0 Å². The molecule has 0 saturated heterocycles. The Bertz CT molecular complexity index is 337. The monoisotopic (exact) mass is 194 g/mol. The van der Waals surface area contributed by atoms with Crippen LogP contribution in [0.15, 0.2) is 18.2 Å². The maximum Gasteiger partial charge on any atom is 0.272 e. The van der Waals surface area contributed by atoms with Crippen molar-refractivity contribution < 1.29 is 4.92 Å². The summed E-state index contributed by atoms with van der Waals surface area (Å²) < 4.78 is 0. The average Bonchev–Trinajstić information content (AvgIpc) is 2.14. The van der Waals surface area contributed by atoms with Crippen LogP contribution in [-0.4, -0.2) is 11.5 Å². The first-order valence-electron chi connectivity index (χ1n) is 4.59. The van der Waals surface area contributed by atoms with Gasteiger partial charge in [0.25, 0.3) is 5.69 Å². The smallest absolute Gasteiger partial charge is 0.272 e. The normalized spacial score (nSPS) is 10.1. The lowest BCUT2D eigenvalue weighted by Gasteiger charge is -2.02. The van der Waals surface area contributed by atoms with Gasteiger partial charge in [0.05, 0.1) is 4.92 Å². The molecule has 0 spiro atoms. The maximum absolute atomic E-state index is 10.5. The third kappa shape index (κ3) is 2.53. The number of rotatable bonds is 4. The highest BCUT2D eigenvalue weighted by Gasteiger charge is 2.09. The lowest BCUT2D eigenvalue weighted by molar-refractivity contribution is -0.385. The zero-order chi connectivity index (χ0) is 10.6. The van der Waals surface area contributed by atoms with E-state index in [-0.39, 0.29) is 10.6 Å². The Morgan fingerprint density at radius 2 is 2.21 bits per heavy atom. The van der Waals surface area contributed by atoms with Crippen LogP contribution in [0.2, 0.25) is 0 Å². The van der Waals surface area contributed by atoms with E-state index in [4.69, 9.17) is 5.73 Å². The molecule has 2 N–H and O–H groups in total. The van der Waals surface area contributed by atoms with Crippen LogP contribution < -0.4 is 5.73 Å². The predicted octanol–water partition coefficient (Wildman–Crippen LogP) is 1.79. The quantitative estimate of drug-likeness (QED) is 0.586. The Morgan fingerprint density at radius 1 is 1.50 bits per heavy atom. The summed E-state index contributed by atoms with van der Waals surface area (Å²) in [6.07, 6.45) is 1.80. The number of nitrogens with two attached hydrogens (primary N) is 1. The number of nitro benzene ring substituents is 1. The molecule has 0 saturated carbocycles. The number of nitrogens with zero attached hydrogens (tertiary/aromatic N) is 1. The second kappa shape index (κ2) is 4.72. The topological polar surface area (TPSA) is 69.2 Å². The molecule has 0 fully saturated rings. The van der Waals surface area contributed by atoms with Crippen molar-refractivity contribution in [2.24, 2.45) is 5.73 Å². The van der Waals surface area contributed by atoms with Crippen LogP contribution in [0.3, 0.4) is 0 Å². The number of nitro groups is 1. The molecule has 0 heterocycles. The number of aryl methyl sites for hydroxylation is 2. The molecule has 0 radical (unpaired) electrons. The van der Waals surface area contributed by atoms with Crippen LogP contribution in [0.4, 0.5) is 5.69 Å². The van der Waals surface area contributed by atoms with Gasteiger partial charge in [0, 0.05) is 11.6 Å². The lowest BCUT2D eigenvalue weighted by atomic mass is 10.1. The number of hydrogen-bond acceptors (Lipinski definition) is 3. The molecule has 0 aliphatic carbocycles. The van der Waals surface area contributed by atoms with E-state index in [2.05, 4.69) is 0 Å². The van der Waals surface area contributed by atoms with Crippen molar-refractivity contribution in [3.63, 3.8) is 0 Å². The van der Waals surface area contributed by atoms with Gasteiger partial charge in [-0.25, -0.2) is 0 Å². The van der Waals surface area contributed by atoms with Gasteiger partial charge in [0.15, 0.2) is 0 Å². The Balaban J connectivity index is 2.83. The molecule has 0 bridgehead atoms. The third-order valence-corrected chi connectivity index (χ3v) is 2.13. The summed E-state index contributed by atoms with van der Waals surface area (Å²) in [4.78, 5) is 10.2. The molecule has 1 aromatic rings. The minimum atomic E-state index is -0.359. The fourth-order valence-corrected chi connectivity index (χ4v) is 1.38. The summed E-state index contributed by atoms with van der Waals surface area (Å²) in [5.41, 5.74) is 7.39. The fourth-order valence-electron chi connectivity index (χ4n) is 1.38. The summed E-state index contributed by atoms with van der Waals surface area (Å²) >= 11 is 0. The summed E-state index contributed by atoms with van der Waals surface area (Å²) in [6.45, 7) is 2.40. The molecule has 14 heavy (non-hydrogen) atoms. The summed E-state index contributed by atoms with van der Waals surface area (Å²) in [5, 5.41) is 10.5. The minimum absolute atomic E-state index is 0.182. The summed E-state index contributed by atoms with van der Waals surface area (Å²) in [6, 6.07) is 5.20. The molecular weight excluding hydrogens is 180 g/mol. The van der Waals surface area contributed by atoms with E-state index < -0.39 is 0 Å². The van der Waals surface area contributed by atoms with Gasteiger partial charge in [-0.3, -0.25) is 10.1 Å². The zero-order valence-corrected chi connectivity index (χ0v) is 8.19. The van der Waals surface area contributed by atoms with Gasteiger partial charge in [-0.05, 0) is 37.9 Å². The minimum Gasteiger partial charge on any atom is -0.330 e. The Kier molecular flexibility index (Phi) is 3.59. The molecule has 76 valence electrons. The van der Waals surface area contributed by atoms with Crippen molar-refractivity contribution in [2.75, 3.05) is 6.54 Å². The number of hydrogen-bond donors (Lipinski definition) is 1. The highest BCUT2D eigenvalue weighted by atomic mass is 16.6. The predicted molar refractivity (Wildman–Crippen MR) is 55.2 cm³/mol. The molecular formula is C10H14N2O2. The zero-order valence-electron chi connectivity index (χ0n) is 8.19. The van der Waals surface area contributed by atoms with Crippen molar-refractivity contribution in [1.82, 2.24) is 0 Å². The second-order valence-corrected chi connectivity index (χ2v) is 3.27. The molecule has 4 heteroatoms. The van der Waals surface area contributed by atoms with Gasteiger partial charge in [-0.1, -0.05) is 6.07 Å². The molecule has 0 amide bonds. The number of benzene rings is 1. The Hall–Kier alpha value is -1.42. The van der Waals surface area contributed by atoms with E-state index in [1.807, 2.05) is 6.07 Å². The van der Waals surface area contributed by atoms with Gasteiger partial charge in [0.1, 0.15) is 0 Å². The molecule has 1 aromatic carbocycles. The SMILES string of the molecule is Cc1cc(CCCN)ccc1[N+](=O)[O-]. The highest BCUT2D eigenvalue weighted by Crippen LogP contribution is 2.19. The van der Waals surface area contributed by atoms with Crippen LogP contribution in [0, 0.1) is 17.0 Å². The van der Waals surface area contributed by atoms with Crippen LogP contribution >= 0.6 is 0 Å². The maximum atomic E-state index is 10.5. The molecule has 0 aliphatic rings. The average molecular weight is 194 g/mol. The fraction of sp³-hybridized carbons (Fsp3) is 0.400. The molecule has 4 nitrogen and oxygen atoms in total. The van der Waals surface area contributed by atoms with E-state index in [0.29, 0.717) is 12.1 Å². The highest BCUT2D eigenvalue weighted by molar-refractivity contribution is 5.41. The standard InChI is InChI=1S/C10H14N2O2/c1-8-7-9(3-2-6-11)4-5-10(8)12(13)14/h4-5,7H,2-3,6,11H2,1H3. The van der Waals surface area contributed by atoms with E-state index in [9.17, 15) is 10.1 Å². The van der Waals surface area contributed by atoms with Crippen LogP contribution in [0.25, 0.3) is 0 Å². The third-order valence-electron chi connectivity index (χ3n) is 2.13. The van der Waals surface area contributed by atoms with Gasteiger partial charge in [-0.15, -0.1) is 0 Å². The van der Waals surface area contributed by atoms with Crippen molar-refractivity contribution in [3.8, 4) is 0 Å². The largest absolute Gasteiger partial charge is 0.330 e. The Labute approximate surface area is 82.9 Å². The van der Waals surface area contributed by atoms with Crippen LogP contribution in [0.5, 0.6) is 0 Å². The van der Waals surface area contributed by atoms with Crippen molar-refractivity contribution in [3.05, 3.63) is 39.4 Å². The molecule has 1 rings (SSSR count). The molecule has 0 aromatic heterocycles. The molecule has 0 unspecified atom stereocenters. The van der Waals surface area contributed by atoms with Crippen LogP contribution in [-0.2, 0) is 6.42 Å². The molecule has 0 aliphatic heterocycles. The van der Waals surface area contributed by atoms with Gasteiger partial charge in [0.2, 0.25) is 0 Å².